The summed E-state index contributed by atoms with van der Waals surface area (Å²) in [5.41, 5.74) is 0. The minimum absolute atomic E-state index is 0.370. The van der Waals surface area contributed by atoms with E-state index in [-0.39, 0.29) is 0 Å². The Kier molecular flexibility index (Phi) is 4.54. The lowest BCUT2D eigenvalue weighted by atomic mass is 10.7. The van der Waals surface area contributed by atoms with Crippen molar-refractivity contribution in [2.75, 3.05) is 13.3 Å². The molecule has 0 aromatic heterocycles. The Bertz CT molecular complexity index is 68.4. The summed E-state index contributed by atoms with van der Waals surface area (Å²) in [6.45, 7) is 2.02. The van der Waals surface area contributed by atoms with Crippen molar-refractivity contribution in [1.29, 1.82) is 0 Å². The van der Waals surface area contributed by atoms with Gasteiger partial charge in [-0.15, -0.1) is 0 Å². The average molecular weight is 136 g/mol. The molecule has 0 aromatic rings. The van der Waals surface area contributed by atoms with E-state index in [1.54, 1.807) is 0 Å². The van der Waals surface area contributed by atoms with Gasteiger partial charge >= 0.3 is 0 Å². The fourth-order valence-corrected chi connectivity index (χ4v) is 0.483. The molecule has 0 aliphatic carbocycles. The van der Waals surface area contributed by atoms with Crippen molar-refractivity contribution in [1.82, 2.24) is 10.6 Å². The van der Waals surface area contributed by atoms with Crippen LogP contribution in [0.5, 0.6) is 0 Å². The highest BCUT2D eigenvalue weighted by molar-refractivity contribution is 7.80. The first-order valence-corrected chi connectivity index (χ1v) is 2.79. The van der Waals surface area contributed by atoms with Gasteiger partial charge < -0.3 is 10.6 Å². The Hall–Kier alpha value is -0.380. The summed E-state index contributed by atoms with van der Waals surface area (Å²) < 4.78 is 11.3. The highest BCUT2D eigenvalue weighted by atomic mass is 32.1. The zero-order valence-electron chi connectivity index (χ0n) is 4.70. The van der Waals surface area contributed by atoms with Gasteiger partial charge in [0.25, 0.3) is 0 Å². The van der Waals surface area contributed by atoms with Crippen molar-refractivity contribution in [3.8, 4) is 0 Å². The summed E-state index contributed by atoms with van der Waals surface area (Å²) in [6, 6.07) is 0. The molecule has 0 heterocycles. The van der Waals surface area contributed by atoms with E-state index < -0.39 is 6.80 Å². The molecule has 0 aliphatic rings. The third kappa shape index (κ3) is 3.80. The number of hydrogen-bond donors (Lipinski definition) is 2. The van der Waals surface area contributed by atoms with Crippen LogP contribution < -0.4 is 10.6 Å². The van der Waals surface area contributed by atoms with Crippen LogP contribution in [0.3, 0.4) is 0 Å². The van der Waals surface area contributed by atoms with E-state index in [2.05, 4.69) is 22.9 Å². The lowest BCUT2D eigenvalue weighted by Gasteiger charge is -2.02. The fraction of sp³-hybridized carbons (Fsp3) is 0.750. The third-order valence-corrected chi connectivity index (χ3v) is 0.853. The Labute approximate surface area is 53.5 Å². The van der Waals surface area contributed by atoms with Crippen molar-refractivity contribution >= 4 is 17.3 Å². The second kappa shape index (κ2) is 4.77. The number of thiocarbonyl (C=S) groups is 1. The molecule has 0 saturated carbocycles. The van der Waals surface area contributed by atoms with Crippen LogP contribution in [0.15, 0.2) is 0 Å². The quantitative estimate of drug-likeness (QED) is 0.424. The Morgan fingerprint density at radius 2 is 2.25 bits per heavy atom. The van der Waals surface area contributed by atoms with Gasteiger partial charge in [-0.1, -0.05) is 0 Å². The minimum atomic E-state index is -0.605. The first-order chi connectivity index (χ1) is 3.81. The number of halogens is 1. The highest BCUT2D eigenvalue weighted by Gasteiger charge is 1.86. The van der Waals surface area contributed by atoms with E-state index in [0.29, 0.717) is 5.11 Å². The van der Waals surface area contributed by atoms with E-state index in [1.165, 1.54) is 0 Å². The molecule has 0 fully saturated rings. The van der Waals surface area contributed by atoms with Gasteiger partial charge in [0.2, 0.25) is 0 Å². The van der Waals surface area contributed by atoms with E-state index in [9.17, 15) is 4.39 Å². The Balaban J connectivity index is 3.06. The van der Waals surface area contributed by atoms with Crippen LogP contribution in [0.25, 0.3) is 0 Å². The predicted molar refractivity (Wildman–Crippen MR) is 35.4 cm³/mol. The van der Waals surface area contributed by atoms with Crippen molar-refractivity contribution in [3.63, 3.8) is 0 Å². The third-order valence-electron chi connectivity index (χ3n) is 0.565. The predicted octanol–water partition coefficient (Wildman–Crippen LogP) is 0.397. The van der Waals surface area contributed by atoms with Crippen molar-refractivity contribution < 1.29 is 4.39 Å². The van der Waals surface area contributed by atoms with E-state index >= 15 is 0 Å². The SMILES string of the molecule is CCNC(=S)NCF. The standard InChI is InChI=1S/C4H9FN2S/c1-2-6-4(8)7-3-5/h2-3H2,1H3,(H2,6,7,8). The largest absolute Gasteiger partial charge is 0.363 e. The van der Waals surface area contributed by atoms with Gasteiger partial charge in [0.15, 0.2) is 11.9 Å². The first-order valence-electron chi connectivity index (χ1n) is 2.39. The second-order valence-corrected chi connectivity index (χ2v) is 1.58. The van der Waals surface area contributed by atoms with Gasteiger partial charge in [-0.25, -0.2) is 4.39 Å². The summed E-state index contributed by atoms with van der Waals surface area (Å²) >= 11 is 4.59. The highest BCUT2D eigenvalue weighted by Crippen LogP contribution is 1.64. The monoisotopic (exact) mass is 136 g/mol. The molecule has 0 rings (SSSR count). The lowest BCUT2D eigenvalue weighted by Crippen LogP contribution is -2.34. The topological polar surface area (TPSA) is 24.1 Å². The molecule has 2 N–H and O–H groups in total. The van der Waals surface area contributed by atoms with Crippen LogP contribution in [0.4, 0.5) is 4.39 Å². The molecule has 0 unspecified atom stereocenters. The molecule has 0 atom stereocenters. The van der Waals surface area contributed by atoms with Crippen LogP contribution in [-0.2, 0) is 0 Å². The van der Waals surface area contributed by atoms with Crippen molar-refractivity contribution in [3.05, 3.63) is 0 Å². The van der Waals surface area contributed by atoms with Gasteiger partial charge in [-0.05, 0) is 19.1 Å². The molecule has 8 heavy (non-hydrogen) atoms. The summed E-state index contributed by atoms with van der Waals surface area (Å²) in [6.07, 6.45) is 0. The molecular weight excluding hydrogens is 127 g/mol. The lowest BCUT2D eigenvalue weighted by molar-refractivity contribution is 0.474. The molecule has 48 valence electrons. The zero-order chi connectivity index (χ0) is 6.41. The Morgan fingerprint density at radius 1 is 1.62 bits per heavy atom. The summed E-state index contributed by atoms with van der Waals surface area (Å²) in [4.78, 5) is 0. The van der Waals surface area contributed by atoms with E-state index in [0.717, 1.165) is 6.54 Å². The number of nitrogens with one attached hydrogen (secondary N) is 2. The fourth-order valence-electron chi connectivity index (χ4n) is 0.284. The number of rotatable bonds is 2. The summed E-state index contributed by atoms with van der Waals surface area (Å²) in [5.74, 6) is 0. The molecule has 0 saturated heterocycles. The molecule has 0 radical (unpaired) electrons. The molecule has 0 aliphatic heterocycles. The van der Waals surface area contributed by atoms with Crippen molar-refractivity contribution in [2.45, 2.75) is 6.92 Å². The van der Waals surface area contributed by atoms with Crippen LogP contribution in [0.1, 0.15) is 6.92 Å². The molecular formula is C4H9FN2S. The van der Waals surface area contributed by atoms with Gasteiger partial charge in [0, 0.05) is 6.54 Å². The molecule has 2 nitrogen and oxygen atoms in total. The maximum absolute atomic E-state index is 11.3. The minimum Gasteiger partial charge on any atom is -0.363 e. The molecule has 0 bridgehead atoms. The van der Waals surface area contributed by atoms with Gasteiger partial charge in [-0.2, -0.15) is 0 Å². The van der Waals surface area contributed by atoms with Gasteiger partial charge in [0.05, 0.1) is 0 Å². The van der Waals surface area contributed by atoms with Crippen molar-refractivity contribution in [2.24, 2.45) is 0 Å². The summed E-state index contributed by atoms with van der Waals surface area (Å²) in [7, 11) is 0. The van der Waals surface area contributed by atoms with E-state index in [4.69, 9.17) is 0 Å². The van der Waals surface area contributed by atoms with E-state index in [1.807, 2.05) is 6.92 Å². The van der Waals surface area contributed by atoms with Crippen LogP contribution in [0, 0.1) is 0 Å². The molecule has 4 heteroatoms. The van der Waals surface area contributed by atoms with Crippen LogP contribution in [-0.4, -0.2) is 18.5 Å². The van der Waals surface area contributed by atoms with Crippen LogP contribution in [0.2, 0.25) is 0 Å². The van der Waals surface area contributed by atoms with Gasteiger partial charge in [-0.3, -0.25) is 0 Å². The average Bonchev–Trinajstić information content (AvgIpc) is 1.68. The molecule has 0 amide bonds. The number of alkyl halides is 1. The smallest absolute Gasteiger partial charge is 0.168 e. The van der Waals surface area contributed by atoms with Gasteiger partial charge in [0.1, 0.15) is 0 Å². The number of hydrogen-bond acceptors (Lipinski definition) is 1. The molecule has 0 aromatic carbocycles. The molecule has 0 spiro atoms. The zero-order valence-corrected chi connectivity index (χ0v) is 5.52. The second-order valence-electron chi connectivity index (χ2n) is 1.17. The summed E-state index contributed by atoms with van der Waals surface area (Å²) in [5, 5.41) is 5.40. The normalized spacial score (nSPS) is 8.25. The van der Waals surface area contributed by atoms with Crippen LogP contribution >= 0.6 is 12.2 Å². The maximum Gasteiger partial charge on any atom is 0.168 e. The first kappa shape index (κ1) is 7.62. The maximum atomic E-state index is 11.3. The Morgan fingerprint density at radius 3 is 2.62 bits per heavy atom.